The number of hydrogen-bond donors (Lipinski definition) is 1. The number of aryl methyl sites for hydroxylation is 1. The second kappa shape index (κ2) is 5.96. The number of nitrogens with one attached hydrogen (secondary N) is 1. The molecule has 2 unspecified atom stereocenters. The molecule has 0 saturated heterocycles. The van der Waals surface area contributed by atoms with Gasteiger partial charge in [0.25, 0.3) is 0 Å². The van der Waals surface area contributed by atoms with Crippen molar-refractivity contribution in [2.24, 2.45) is 5.92 Å². The molecule has 2 atom stereocenters. The second-order valence-electron chi connectivity index (χ2n) is 6.04. The molecule has 1 saturated carbocycles. The summed E-state index contributed by atoms with van der Waals surface area (Å²) in [5.41, 5.74) is 2.36. The van der Waals surface area contributed by atoms with Crippen molar-refractivity contribution < 1.29 is 0 Å². The molecule has 1 aliphatic carbocycles. The lowest BCUT2D eigenvalue weighted by atomic mass is 10.1. The lowest BCUT2D eigenvalue weighted by molar-refractivity contribution is 0.465. The van der Waals surface area contributed by atoms with Gasteiger partial charge in [-0.15, -0.1) is 0 Å². The first-order chi connectivity index (χ1) is 9.78. The highest BCUT2D eigenvalue weighted by Crippen LogP contribution is 2.27. The highest BCUT2D eigenvalue weighted by molar-refractivity contribution is 5.75. The van der Waals surface area contributed by atoms with Crippen molar-refractivity contribution in [2.75, 3.05) is 6.54 Å². The summed E-state index contributed by atoms with van der Waals surface area (Å²) in [5.74, 6) is 2.06. The Morgan fingerprint density at radius 1 is 1.30 bits per heavy atom. The molecule has 0 radical (unpaired) electrons. The predicted molar refractivity (Wildman–Crippen MR) is 83.9 cm³/mol. The van der Waals surface area contributed by atoms with Crippen molar-refractivity contribution in [3.8, 4) is 0 Å². The van der Waals surface area contributed by atoms with E-state index in [-0.39, 0.29) is 0 Å². The summed E-state index contributed by atoms with van der Waals surface area (Å²) in [6.45, 7) is 6.47. The first-order valence-electron chi connectivity index (χ1n) is 7.93. The average molecular weight is 271 g/mol. The maximum atomic E-state index is 4.62. The Labute approximate surface area is 121 Å². The minimum absolute atomic E-state index is 0.732. The number of para-hydroxylation sites is 2. The van der Waals surface area contributed by atoms with Gasteiger partial charge in [-0.05, 0) is 44.2 Å². The fraction of sp³-hybridized carbons (Fsp3) is 0.588. The van der Waals surface area contributed by atoms with Gasteiger partial charge in [0.2, 0.25) is 0 Å². The van der Waals surface area contributed by atoms with Gasteiger partial charge in [-0.2, -0.15) is 0 Å². The van der Waals surface area contributed by atoms with Gasteiger partial charge in [-0.3, -0.25) is 0 Å². The Kier molecular flexibility index (Phi) is 4.06. The van der Waals surface area contributed by atoms with Gasteiger partial charge in [0.15, 0.2) is 0 Å². The zero-order valence-corrected chi connectivity index (χ0v) is 12.6. The number of rotatable bonds is 5. The third-order valence-corrected chi connectivity index (χ3v) is 4.73. The average Bonchev–Trinajstić information content (AvgIpc) is 3.04. The molecule has 1 N–H and O–H groups in total. The van der Waals surface area contributed by atoms with Crippen molar-refractivity contribution in [2.45, 2.75) is 52.1 Å². The van der Waals surface area contributed by atoms with Crippen LogP contribution < -0.4 is 5.32 Å². The predicted octanol–water partition coefficient (Wildman–Crippen LogP) is 3.51. The van der Waals surface area contributed by atoms with Gasteiger partial charge >= 0.3 is 0 Å². The van der Waals surface area contributed by atoms with Crippen LogP contribution in [0.4, 0.5) is 0 Å². The van der Waals surface area contributed by atoms with Crippen molar-refractivity contribution in [1.29, 1.82) is 0 Å². The number of hydrogen-bond acceptors (Lipinski definition) is 2. The van der Waals surface area contributed by atoms with Crippen LogP contribution in [0.1, 0.15) is 38.4 Å². The Morgan fingerprint density at radius 3 is 2.95 bits per heavy atom. The van der Waals surface area contributed by atoms with Gasteiger partial charge in [0, 0.05) is 19.1 Å². The molecular weight excluding hydrogens is 246 g/mol. The number of nitrogens with zero attached hydrogens (tertiary/aromatic N) is 2. The van der Waals surface area contributed by atoms with Gasteiger partial charge in [-0.1, -0.05) is 25.5 Å². The Hall–Kier alpha value is -1.35. The maximum Gasteiger partial charge on any atom is 0.106 e. The molecule has 108 valence electrons. The summed E-state index contributed by atoms with van der Waals surface area (Å²) in [7, 11) is 0. The minimum atomic E-state index is 0.732. The molecule has 3 heteroatoms. The van der Waals surface area contributed by atoms with Crippen LogP contribution in [0.5, 0.6) is 0 Å². The topological polar surface area (TPSA) is 29.9 Å². The van der Waals surface area contributed by atoms with Crippen LogP contribution in [0.15, 0.2) is 24.3 Å². The van der Waals surface area contributed by atoms with E-state index in [1.807, 2.05) is 0 Å². The van der Waals surface area contributed by atoms with E-state index in [1.165, 1.54) is 31.2 Å². The Bertz CT molecular complexity index is 573. The van der Waals surface area contributed by atoms with E-state index >= 15 is 0 Å². The number of fused-ring (bicyclic) bond motifs is 1. The van der Waals surface area contributed by atoms with Crippen LogP contribution in [-0.4, -0.2) is 22.1 Å². The molecule has 1 aromatic carbocycles. The summed E-state index contributed by atoms with van der Waals surface area (Å²) in [5, 5.41) is 3.73. The smallest absolute Gasteiger partial charge is 0.106 e. The van der Waals surface area contributed by atoms with E-state index in [2.05, 4.69) is 53.0 Å². The molecule has 0 bridgehead atoms. The number of aromatic nitrogens is 2. The first-order valence-corrected chi connectivity index (χ1v) is 7.93. The van der Waals surface area contributed by atoms with E-state index < -0.39 is 0 Å². The molecule has 0 amide bonds. The lowest BCUT2D eigenvalue weighted by Crippen LogP contribution is -2.30. The normalized spacial score (nSPS) is 22.7. The van der Waals surface area contributed by atoms with Crippen LogP contribution >= 0.6 is 0 Å². The maximum absolute atomic E-state index is 4.62. The van der Waals surface area contributed by atoms with Crippen LogP contribution in [0.3, 0.4) is 0 Å². The monoisotopic (exact) mass is 271 g/mol. The van der Waals surface area contributed by atoms with Crippen molar-refractivity contribution in [3.05, 3.63) is 30.1 Å². The molecule has 3 rings (SSSR count). The van der Waals surface area contributed by atoms with Crippen molar-refractivity contribution in [3.63, 3.8) is 0 Å². The van der Waals surface area contributed by atoms with Gasteiger partial charge in [-0.25, -0.2) is 4.98 Å². The largest absolute Gasteiger partial charge is 0.327 e. The van der Waals surface area contributed by atoms with Crippen LogP contribution in [0, 0.1) is 12.8 Å². The Balaban J connectivity index is 1.59. The zero-order valence-electron chi connectivity index (χ0n) is 12.6. The van der Waals surface area contributed by atoms with Gasteiger partial charge in [0.1, 0.15) is 5.82 Å². The molecule has 20 heavy (non-hydrogen) atoms. The summed E-state index contributed by atoms with van der Waals surface area (Å²) in [4.78, 5) is 4.62. The van der Waals surface area contributed by atoms with Crippen LogP contribution in [0.25, 0.3) is 11.0 Å². The molecule has 2 aromatic rings. The highest BCUT2D eigenvalue weighted by atomic mass is 15.1. The van der Waals surface area contributed by atoms with E-state index in [0.29, 0.717) is 0 Å². The van der Waals surface area contributed by atoms with Crippen molar-refractivity contribution >= 4 is 11.0 Å². The van der Waals surface area contributed by atoms with Crippen LogP contribution in [0.2, 0.25) is 0 Å². The fourth-order valence-corrected chi connectivity index (χ4v) is 3.49. The highest BCUT2D eigenvalue weighted by Gasteiger charge is 2.22. The molecule has 1 fully saturated rings. The van der Waals surface area contributed by atoms with E-state index in [1.54, 1.807) is 0 Å². The summed E-state index contributed by atoms with van der Waals surface area (Å²) in [6, 6.07) is 9.14. The Morgan fingerprint density at radius 2 is 2.15 bits per heavy atom. The van der Waals surface area contributed by atoms with E-state index in [4.69, 9.17) is 0 Å². The lowest BCUT2D eigenvalue weighted by Gasteiger charge is -2.14. The van der Waals surface area contributed by atoms with E-state index in [9.17, 15) is 0 Å². The molecule has 0 aliphatic heterocycles. The third kappa shape index (κ3) is 2.73. The van der Waals surface area contributed by atoms with Crippen LogP contribution in [-0.2, 0) is 6.54 Å². The molecule has 3 nitrogen and oxygen atoms in total. The quantitative estimate of drug-likeness (QED) is 0.902. The number of benzene rings is 1. The molecule has 1 aromatic heterocycles. The fourth-order valence-electron chi connectivity index (χ4n) is 3.49. The number of imidazole rings is 1. The molecule has 1 aliphatic rings. The minimum Gasteiger partial charge on any atom is -0.327 e. The van der Waals surface area contributed by atoms with E-state index in [0.717, 1.165) is 36.4 Å². The second-order valence-corrected chi connectivity index (χ2v) is 6.04. The van der Waals surface area contributed by atoms with Gasteiger partial charge < -0.3 is 9.88 Å². The molecule has 0 spiro atoms. The first kappa shape index (κ1) is 13.6. The third-order valence-electron chi connectivity index (χ3n) is 4.73. The van der Waals surface area contributed by atoms with Crippen molar-refractivity contribution in [1.82, 2.24) is 14.9 Å². The standard InChI is InChI=1S/C17H25N3/c1-3-14-8-9-15(12-14)18-10-11-20-13(2)19-16-6-4-5-7-17(16)20/h4-7,14-15,18H,3,8-12H2,1-2H3. The molecule has 1 heterocycles. The zero-order chi connectivity index (χ0) is 13.9. The molecular formula is C17H25N3. The SMILES string of the molecule is CCC1CCC(NCCn2c(C)nc3ccccc32)C1. The summed E-state index contributed by atoms with van der Waals surface area (Å²) < 4.78 is 2.33. The van der Waals surface area contributed by atoms with Gasteiger partial charge in [0.05, 0.1) is 11.0 Å². The summed E-state index contributed by atoms with van der Waals surface area (Å²) >= 11 is 0. The summed E-state index contributed by atoms with van der Waals surface area (Å²) in [6.07, 6.45) is 5.45.